The van der Waals surface area contributed by atoms with E-state index in [4.69, 9.17) is 0 Å². The number of carboxylic acids is 1. The number of aliphatic carboxylic acids is 1. The Kier molecular flexibility index (Phi) is 5.30. The average molecular weight is 313 g/mol. The molecule has 120 valence electrons. The van der Waals surface area contributed by atoms with Crippen LogP contribution in [0, 0.1) is 11.8 Å². The summed E-state index contributed by atoms with van der Waals surface area (Å²) in [4.78, 5) is 23.5. The third kappa shape index (κ3) is 3.93. The number of amides is 1. The Bertz CT molecular complexity index is 550. The highest BCUT2D eigenvalue weighted by Crippen LogP contribution is 2.33. The van der Waals surface area contributed by atoms with Crippen molar-refractivity contribution < 1.29 is 28.2 Å². The summed E-state index contributed by atoms with van der Waals surface area (Å²) in [6, 6.07) is 5.84. The van der Waals surface area contributed by atoms with Crippen LogP contribution in [0.1, 0.15) is 25.7 Å². The summed E-state index contributed by atoms with van der Waals surface area (Å²) in [5, 5.41) is 11.7. The van der Waals surface area contributed by atoms with Gasteiger partial charge in [0.1, 0.15) is 5.75 Å². The lowest BCUT2D eigenvalue weighted by Crippen LogP contribution is -2.36. The average Bonchev–Trinajstić information content (AvgIpc) is 2.48. The molecular formula is C15H17F2NO4. The number of rotatable bonds is 5. The largest absolute Gasteiger partial charge is 0.481 e. The molecule has 0 saturated heterocycles. The normalized spacial score (nSPS) is 21.4. The summed E-state index contributed by atoms with van der Waals surface area (Å²) in [6.07, 6.45) is 2.46. The molecule has 2 N–H and O–H groups in total. The van der Waals surface area contributed by atoms with Gasteiger partial charge in [-0.15, -0.1) is 0 Å². The molecule has 0 spiro atoms. The van der Waals surface area contributed by atoms with Crippen molar-refractivity contribution in [2.75, 3.05) is 5.32 Å². The van der Waals surface area contributed by atoms with E-state index in [9.17, 15) is 23.5 Å². The quantitative estimate of drug-likeness (QED) is 0.876. The topological polar surface area (TPSA) is 75.6 Å². The van der Waals surface area contributed by atoms with E-state index in [1.807, 2.05) is 0 Å². The van der Waals surface area contributed by atoms with Crippen molar-refractivity contribution in [1.29, 1.82) is 0 Å². The van der Waals surface area contributed by atoms with Gasteiger partial charge in [-0.1, -0.05) is 25.0 Å². The molecule has 0 aromatic heterocycles. The highest BCUT2D eigenvalue weighted by atomic mass is 19.3. The first kappa shape index (κ1) is 16.2. The van der Waals surface area contributed by atoms with Gasteiger partial charge in [-0.3, -0.25) is 9.59 Å². The second-order valence-corrected chi connectivity index (χ2v) is 5.20. The van der Waals surface area contributed by atoms with Crippen LogP contribution in [-0.4, -0.2) is 23.6 Å². The number of para-hydroxylation sites is 2. The monoisotopic (exact) mass is 313 g/mol. The minimum Gasteiger partial charge on any atom is -0.481 e. The van der Waals surface area contributed by atoms with E-state index < -0.39 is 30.3 Å². The fourth-order valence-electron chi connectivity index (χ4n) is 2.73. The fourth-order valence-corrected chi connectivity index (χ4v) is 2.73. The van der Waals surface area contributed by atoms with Crippen LogP contribution in [-0.2, 0) is 9.59 Å². The smallest absolute Gasteiger partial charge is 0.387 e. The first-order valence-electron chi connectivity index (χ1n) is 7.06. The molecule has 1 aliphatic rings. The van der Waals surface area contributed by atoms with Crippen molar-refractivity contribution in [2.45, 2.75) is 32.3 Å². The third-order valence-corrected chi connectivity index (χ3v) is 3.78. The molecule has 0 bridgehead atoms. The Balaban J connectivity index is 2.12. The second-order valence-electron chi connectivity index (χ2n) is 5.20. The van der Waals surface area contributed by atoms with Gasteiger partial charge >= 0.3 is 12.6 Å². The molecule has 1 saturated carbocycles. The maximum atomic E-state index is 12.3. The Morgan fingerprint density at radius 3 is 2.45 bits per heavy atom. The van der Waals surface area contributed by atoms with Crippen molar-refractivity contribution in [2.24, 2.45) is 11.8 Å². The van der Waals surface area contributed by atoms with Crippen LogP contribution in [0.4, 0.5) is 14.5 Å². The van der Waals surface area contributed by atoms with Gasteiger partial charge < -0.3 is 15.2 Å². The summed E-state index contributed by atoms with van der Waals surface area (Å²) < 4.78 is 29.0. The van der Waals surface area contributed by atoms with Gasteiger partial charge in [0.05, 0.1) is 17.5 Å². The molecule has 2 atom stereocenters. The molecule has 0 heterocycles. The van der Waals surface area contributed by atoms with Crippen molar-refractivity contribution in [3.63, 3.8) is 0 Å². The summed E-state index contributed by atoms with van der Waals surface area (Å²) in [5.41, 5.74) is 0.113. The maximum Gasteiger partial charge on any atom is 0.387 e. The first-order chi connectivity index (χ1) is 10.5. The number of hydrogen-bond donors (Lipinski definition) is 2. The van der Waals surface area contributed by atoms with Crippen LogP contribution < -0.4 is 10.1 Å². The fraction of sp³-hybridized carbons (Fsp3) is 0.467. The summed E-state index contributed by atoms with van der Waals surface area (Å²) in [6.45, 7) is -3.00. The summed E-state index contributed by atoms with van der Waals surface area (Å²) in [7, 11) is 0. The molecule has 0 radical (unpaired) electrons. The van der Waals surface area contributed by atoms with Crippen LogP contribution in [0.15, 0.2) is 24.3 Å². The van der Waals surface area contributed by atoms with E-state index in [1.165, 1.54) is 18.2 Å². The van der Waals surface area contributed by atoms with Gasteiger partial charge in [-0.25, -0.2) is 0 Å². The zero-order valence-corrected chi connectivity index (χ0v) is 11.8. The van der Waals surface area contributed by atoms with Gasteiger partial charge in [0.25, 0.3) is 0 Å². The minimum atomic E-state index is -3.00. The van der Waals surface area contributed by atoms with Gasteiger partial charge in [0.15, 0.2) is 0 Å². The van der Waals surface area contributed by atoms with Crippen LogP contribution >= 0.6 is 0 Å². The van der Waals surface area contributed by atoms with Crippen LogP contribution in [0.2, 0.25) is 0 Å². The lowest BCUT2D eigenvalue weighted by atomic mass is 9.78. The molecule has 2 rings (SSSR count). The number of anilines is 1. The Hall–Kier alpha value is -2.18. The molecule has 1 fully saturated rings. The van der Waals surface area contributed by atoms with E-state index in [0.717, 1.165) is 12.8 Å². The minimum absolute atomic E-state index is 0.113. The van der Waals surface area contributed by atoms with Gasteiger partial charge in [0.2, 0.25) is 5.91 Å². The van der Waals surface area contributed by atoms with Crippen molar-refractivity contribution in [1.82, 2.24) is 0 Å². The van der Waals surface area contributed by atoms with E-state index in [1.54, 1.807) is 6.07 Å². The molecule has 1 aromatic carbocycles. The van der Waals surface area contributed by atoms with E-state index >= 15 is 0 Å². The standard InChI is InChI=1S/C15H17F2NO4/c16-15(17)22-12-8-4-3-7-11(12)18-13(19)9-5-1-2-6-10(9)14(20)21/h3-4,7-10,15H,1-2,5-6H2,(H,18,19)(H,20,21)/t9-,10-/m1/s1. The van der Waals surface area contributed by atoms with Crippen LogP contribution in [0.3, 0.4) is 0 Å². The first-order valence-corrected chi connectivity index (χ1v) is 7.06. The van der Waals surface area contributed by atoms with Crippen LogP contribution in [0.25, 0.3) is 0 Å². The number of halogens is 2. The number of benzene rings is 1. The SMILES string of the molecule is O=C(O)[C@@H]1CCCC[C@H]1C(=O)Nc1ccccc1OC(F)F. The van der Waals surface area contributed by atoms with Crippen molar-refractivity contribution in [3.05, 3.63) is 24.3 Å². The molecule has 7 heteroatoms. The zero-order valence-electron chi connectivity index (χ0n) is 11.8. The highest BCUT2D eigenvalue weighted by molar-refractivity contribution is 5.96. The van der Waals surface area contributed by atoms with E-state index in [-0.39, 0.29) is 11.4 Å². The van der Waals surface area contributed by atoms with E-state index in [0.29, 0.717) is 12.8 Å². The third-order valence-electron chi connectivity index (χ3n) is 3.78. The number of carbonyl (C=O) groups excluding carboxylic acids is 1. The lowest BCUT2D eigenvalue weighted by molar-refractivity contribution is -0.147. The Morgan fingerprint density at radius 2 is 1.82 bits per heavy atom. The molecule has 1 aliphatic carbocycles. The van der Waals surface area contributed by atoms with Crippen molar-refractivity contribution in [3.8, 4) is 5.75 Å². The predicted octanol–water partition coefficient (Wildman–Crippen LogP) is 3.12. The molecule has 22 heavy (non-hydrogen) atoms. The Morgan fingerprint density at radius 1 is 1.18 bits per heavy atom. The number of nitrogens with one attached hydrogen (secondary N) is 1. The van der Waals surface area contributed by atoms with Crippen molar-refractivity contribution >= 4 is 17.6 Å². The van der Waals surface area contributed by atoms with Gasteiger partial charge in [-0.2, -0.15) is 8.78 Å². The number of ether oxygens (including phenoxy) is 1. The van der Waals surface area contributed by atoms with Crippen LogP contribution in [0.5, 0.6) is 5.75 Å². The molecule has 1 amide bonds. The number of hydrogen-bond acceptors (Lipinski definition) is 3. The number of carbonyl (C=O) groups is 2. The number of carboxylic acid groups (broad SMARTS) is 1. The lowest BCUT2D eigenvalue weighted by Gasteiger charge is -2.27. The molecule has 5 nitrogen and oxygen atoms in total. The summed E-state index contributed by atoms with van der Waals surface area (Å²) >= 11 is 0. The predicted molar refractivity (Wildman–Crippen MR) is 74.8 cm³/mol. The number of alkyl halides is 2. The van der Waals surface area contributed by atoms with E-state index in [2.05, 4.69) is 10.1 Å². The Labute approximate surface area is 126 Å². The highest BCUT2D eigenvalue weighted by Gasteiger charge is 2.35. The summed E-state index contributed by atoms with van der Waals surface area (Å²) in [5.74, 6) is -3.02. The molecule has 1 aromatic rings. The van der Waals surface area contributed by atoms with Gasteiger partial charge in [0, 0.05) is 0 Å². The second kappa shape index (κ2) is 7.20. The molecule has 0 aliphatic heterocycles. The molecular weight excluding hydrogens is 296 g/mol. The zero-order chi connectivity index (χ0) is 16.1. The molecule has 0 unspecified atom stereocenters. The van der Waals surface area contributed by atoms with Gasteiger partial charge in [-0.05, 0) is 25.0 Å². The maximum absolute atomic E-state index is 12.3.